The fraction of sp³-hybridized carbons (Fsp3) is 0.364. The summed E-state index contributed by atoms with van der Waals surface area (Å²) in [7, 11) is 0. The lowest BCUT2D eigenvalue weighted by Crippen LogP contribution is -2.31. The van der Waals surface area contributed by atoms with Crippen LogP contribution in [-0.4, -0.2) is 17.4 Å². The molecule has 16 heavy (non-hydrogen) atoms. The fourth-order valence-electron chi connectivity index (χ4n) is 2.59. The number of aryl methyl sites for hydroxylation is 1. The number of nitro groups is 1. The Morgan fingerprint density at radius 3 is 2.94 bits per heavy atom. The van der Waals surface area contributed by atoms with Gasteiger partial charge in [0.15, 0.2) is 0 Å². The number of hydrogen-bond donors (Lipinski definition) is 0. The minimum Gasteiger partial charge on any atom is -0.311 e. The van der Waals surface area contributed by atoms with E-state index in [2.05, 4.69) is 0 Å². The van der Waals surface area contributed by atoms with Crippen molar-refractivity contribution in [2.24, 2.45) is 0 Å². The van der Waals surface area contributed by atoms with Crippen LogP contribution in [-0.2, 0) is 17.6 Å². The Morgan fingerprint density at radius 2 is 2.19 bits per heavy atom. The summed E-state index contributed by atoms with van der Waals surface area (Å²) in [5.74, 6) is -0.00903. The minimum atomic E-state index is -0.402. The highest BCUT2D eigenvalue weighted by atomic mass is 16.6. The van der Waals surface area contributed by atoms with E-state index in [9.17, 15) is 14.9 Å². The Balaban J connectivity index is 2.26. The summed E-state index contributed by atoms with van der Waals surface area (Å²) in [4.78, 5) is 23.9. The Bertz CT molecular complexity index is 510. The SMILES string of the molecule is O=C1Cc2c([N+](=O)[O-])ccc3c2N1CCC3. The van der Waals surface area contributed by atoms with Crippen LogP contribution in [0.25, 0.3) is 0 Å². The molecule has 1 aromatic rings. The van der Waals surface area contributed by atoms with Crippen LogP contribution in [0.4, 0.5) is 11.4 Å². The lowest BCUT2D eigenvalue weighted by Gasteiger charge is -2.25. The molecule has 1 amide bonds. The topological polar surface area (TPSA) is 63.4 Å². The first-order valence-electron chi connectivity index (χ1n) is 5.28. The van der Waals surface area contributed by atoms with Crippen molar-refractivity contribution in [1.82, 2.24) is 0 Å². The first kappa shape index (κ1) is 9.33. The number of nitrogens with zero attached hydrogens (tertiary/aromatic N) is 2. The van der Waals surface area contributed by atoms with Crippen LogP contribution in [0.3, 0.4) is 0 Å². The maximum atomic E-state index is 11.7. The van der Waals surface area contributed by atoms with E-state index in [4.69, 9.17) is 0 Å². The standard InChI is InChI=1S/C11H10N2O3/c14-10-6-8-9(13(15)16)4-3-7-2-1-5-12(10)11(7)8/h3-4H,1-2,5-6H2. The maximum Gasteiger partial charge on any atom is 0.275 e. The van der Waals surface area contributed by atoms with E-state index in [1.807, 2.05) is 0 Å². The van der Waals surface area contributed by atoms with E-state index >= 15 is 0 Å². The average molecular weight is 218 g/mol. The number of carbonyl (C=O) groups is 1. The zero-order valence-corrected chi connectivity index (χ0v) is 8.60. The molecule has 0 aliphatic carbocycles. The van der Waals surface area contributed by atoms with E-state index < -0.39 is 4.92 Å². The Morgan fingerprint density at radius 1 is 1.38 bits per heavy atom. The van der Waals surface area contributed by atoms with Gasteiger partial charge in [0.1, 0.15) is 0 Å². The van der Waals surface area contributed by atoms with E-state index in [-0.39, 0.29) is 18.0 Å². The second-order valence-electron chi connectivity index (χ2n) is 4.15. The predicted molar refractivity (Wildman–Crippen MR) is 57.5 cm³/mol. The van der Waals surface area contributed by atoms with Gasteiger partial charge in [-0.3, -0.25) is 14.9 Å². The van der Waals surface area contributed by atoms with Gasteiger partial charge in [0.25, 0.3) is 5.69 Å². The number of anilines is 1. The van der Waals surface area contributed by atoms with Crippen molar-refractivity contribution < 1.29 is 9.72 Å². The van der Waals surface area contributed by atoms with E-state index in [1.165, 1.54) is 6.07 Å². The molecule has 0 fully saturated rings. The molecule has 0 aromatic heterocycles. The van der Waals surface area contributed by atoms with Crippen LogP contribution in [0.2, 0.25) is 0 Å². The third-order valence-electron chi connectivity index (χ3n) is 3.27. The van der Waals surface area contributed by atoms with Gasteiger partial charge in [0, 0.05) is 12.6 Å². The van der Waals surface area contributed by atoms with Crippen LogP contribution in [0.5, 0.6) is 0 Å². The number of rotatable bonds is 1. The van der Waals surface area contributed by atoms with Gasteiger partial charge in [0.05, 0.1) is 22.6 Å². The monoisotopic (exact) mass is 218 g/mol. The molecule has 2 aliphatic heterocycles. The van der Waals surface area contributed by atoms with Crippen LogP contribution in [0.15, 0.2) is 12.1 Å². The molecule has 82 valence electrons. The summed E-state index contributed by atoms with van der Waals surface area (Å²) in [6.45, 7) is 0.694. The molecule has 0 atom stereocenters. The molecule has 5 nitrogen and oxygen atoms in total. The zero-order valence-electron chi connectivity index (χ0n) is 8.60. The van der Waals surface area contributed by atoms with Crippen molar-refractivity contribution in [3.05, 3.63) is 33.4 Å². The molecule has 3 rings (SSSR count). The zero-order chi connectivity index (χ0) is 11.3. The average Bonchev–Trinajstić information content (AvgIpc) is 2.59. The molecule has 2 heterocycles. The van der Waals surface area contributed by atoms with Crippen molar-refractivity contribution in [2.45, 2.75) is 19.3 Å². The van der Waals surface area contributed by atoms with E-state index in [1.54, 1.807) is 11.0 Å². The van der Waals surface area contributed by atoms with Crippen molar-refractivity contribution in [2.75, 3.05) is 11.4 Å². The third-order valence-corrected chi connectivity index (χ3v) is 3.27. The minimum absolute atomic E-state index is 0.00903. The molecule has 0 saturated carbocycles. The maximum absolute atomic E-state index is 11.7. The Kier molecular flexibility index (Phi) is 1.77. The second kappa shape index (κ2) is 3.04. The molecule has 0 unspecified atom stereocenters. The Labute approximate surface area is 91.8 Å². The van der Waals surface area contributed by atoms with Crippen LogP contribution in [0, 0.1) is 10.1 Å². The molecule has 0 bridgehead atoms. The van der Waals surface area contributed by atoms with Gasteiger partial charge in [-0.2, -0.15) is 0 Å². The molecular formula is C11H10N2O3. The first-order chi connectivity index (χ1) is 7.68. The van der Waals surface area contributed by atoms with Gasteiger partial charge in [-0.1, -0.05) is 6.07 Å². The van der Waals surface area contributed by atoms with Crippen LogP contribution >= 0.6 is 0 Å². The third kappa shape index (κ3) is 1.08. The smallest absolute Gasteiger partial charge is 0.275 e. The highest BCUT2D eigenvalue weighted by molar-refractivity contribution is 6.04. The summed E-state index contributed by atoms with van der Waals surface area (Å²) in [6, 6.07) is 3.30. The number of carbonyl (C=O) groups excluding carboxylic acids is 1. The lowest BCUT2D eigenvalue weighted by atomic mass is 9.99. The Hall–Kier alpha value is -1.91. The van der Waals surface area contributed by atoms with Crippen LogP contribution in [0.1, 0.15) is 17.5 Å². The van der Waals surface area contributed by atoms with E-state index in [0.29, 0.717) is 12.1 Å². The van der Waals surface area contributed by atoms with Crippen molar-refractivity contribution in [3.63, 3.8) is 0 Å². The quantitative estimate of drug-likeness (QED) is 0.529. The molecular weight excluding hydrogens is 208 g/mol. The molecule has 1 aromatic carbocycles. The van der Waals surface area contributed by atoms with E-state index in [0.717, 1.165) is 24.1 Å². The van der Waals surface area contributed by atoms with Crippen LogP contribution < -0.4 is 4.90 Å². The largest absolute Gasteiger partial charge is 0.311 e. The summed E-state index contributed by atoms with van der Waals surface area (Å²) in [5.41, 5.74) is 2.56. The molecule has 5 heteroatoms. The number of nitro benzene ring substituents is 1. The number of hydrogen-bond acceptors (Lipinski definition) is 3. The highest BCUT2D eigenvalue weighted by Crippen LogP contribution is 2.41. The van der Waals surface area contributed by atoms with Gasteiger partial charge in [-0.25, -0.2) is 0 Å². The second-order valence-corrected chi connectivity index (χ2v) is 4.15. The van der Waals surface area contributed by atoms with Gasteiger partial charge < -0.3 is 4.90 Å². The molecule has 0 radical (unpaired) electrons. The lowest BCUT2D eigenvalue weighted by molar-refractivity contribution is -0.385. The summed E-state index contributed by atoms with van der Waals surface area (Å²) < 4.78 is 0. The van der Waals surface area contributed by atoms with Gasteiger partial charge in [0.2, 0.25) is 5.91 Å². The van der Waals surface area contributed by atoms with Crippen molar-refractivity contribution in [3.8, 4) is 0 Å². The molecule has 2 aliphatic rings. The molecule has 0 N–H and O–H groups in total. The fourth-order valence-corrected chi connectivity index (χ4v) is 2.59. The number of benzene rings is 1. The molecule has 0 spiro atoms. The normalized spacial score (nSPS) is 17.5. The van der Waals surface area contributed by atoms with Gasteiger partial charge in [-0.15, -0.1) is 0 Å². The van der Waals surface area contributed by atoms with Gasteiger partial charge >= 0.3 is 0 Å². The number of amides is 1. The van der Waals surface area contributed by atoms with Gasteiger partial charge in [-0.05, 0) is 18.4 Å². The van der Waals surface area contributed by atoms with Crippen molar-refractivity contribution in [1.29, 1.82) is 0 Å². The highest BCUT2D eigenvalue weighted by Gasteiger charge is 2.36. The molecule has 0 saturated heterocycles. The first-order valence-corrected chi connectivity index (χ1v) is 5.28. The summed E-state index contributed by atoms with van der Waals surface area (Å²) in [6.07, 6.45) is 2.03. The van der Waals surface area contributed by atoms with Crippen molar-refractivity contribution >= 4 is 17.3 Å². The predicted octanol–water partition coefficient (Wildman–Crippen LogP) is 1.43. The summed E-state index contributed by atoms with van der Waals surface area (Å²) >= 11 is 0. The summed E-state index contributed by atoms with van der Waals surface area (Å²) in [5, 5.41) is 10.9.